The zero-order valence-corrected chi connectivity index (χ0v) is 12.1. The van der Waals surface area contributed by atoms with E-state index in [1.165, 1.54) is 0 Å². The molecule has 0 spiro atoms. The van der Waals surface area contributed by atoms with E-state index >= 15 is 0 Å². The number of carbonyl (C=O) groups excluding carboxylic acids is 1. The summed E-state index contributed by atoms with van der Waals surface area (Å²) in [5.41, 5.74) is 2.75. The molecular formula is C15H19N3O2. The lowest BCUT2D eigenvalue weighted by Crippen LogP contribution is -2.28. The van der Waals surface area contributed by atoms with Gasteiger partial charge in [0.05, 0.1) is 16.6 Å². The van der Waals surface area contributed by atoms with Crippen LogP contribution in [0.3, 0.4) is 0 Å². The van der Waals surface area contributed by atoms with Crippen LogP contribution >= 0.6 is 0 Å². The zero-order chi connectivity index (χ0) is 14.3. The molecule has 1 amide bonds. The lowest BCUT2D eigenvalue weighted by Gasteiger charge is -2.16. The van der Waals surface area contributed by atoms with Gasteiger partial charge in [0.15, 0.2) is 0 Å². The maximum Gasteiger partial charge on any atom is 0.259 e. The van der Waals surface area contributed by atoms with Crippen LogP contribution in [-0.4, -0.2) is 34.0 Å². The number of aromatic nitrogens is 2. The van der Waals surface area contributed by atoms with Crippen molar-refractivity contribution < 1.29 is 9.32 Å². The van der Waals surface area contributed by atoms with Crippen LogP contribution in [0.15, 0.2) is 10.6 Å². The molecule has 1 aliphatic rings. The van der Waals surface area contributed by atoms with Gasteiger partial charge in [-0.1, -0.05) is 19.0 Å². The number of aryl methyl sites for hydroxylation is 1. The molecule has 0 bridgehead atoms. The van der Waals surface area contributed by atoms with Gasteiger partial charge in [-0.15, -0.1) is 0 Å². The monoisotopic (exact) mass is 273 g/mol. The van der Waals surface area contributed by atoms with Gasteiger partial charge in [-0.3, -0.25) is 4.79 Å². The molecule has 0 saturated carbocycles. The SMILES string of the molecule is Cc1noc2nc(C(C)C)cc(C(=O)N3CCCC3)c12. The number of amides is 1. The van der Waals surface area contributed by atoms with Crippen molar-refractivity contribution in [1.29, 1.82) is 0 Å². The van der Waals surface area contributed by atoms with E-state index in [0.29, 0.717) is 11.3 Å². The number of likely N-dealkylation sites (tertiary alicyclic amines) is 1. The Kier molecular flexibility index (Phi) is 3.20. The number of pyridine rings is 1. The van der Waals surface area contributed by atoms with E-state index in [9.17, 15) is 4.79 Å². The van der Waals surface area contributed by atoms with Gasteiger partial charge in [-0.05, 0) is 31.7 Å². The summed E-state index contributed by atoms with van der Waals surface area (Å²) in [7, 11) is 0. The number of hydrogen-bond donors (Lipinski definition) is 0. The van der Waals surface area contributed by atoms with Crippen LogP contribution in [0, 0.1) is 6.92 Å². The van der Waals surface area contributed by atoms with Gasteiger partial charge in [0.1, 0.15) is 0 Å². The quantitative estimate of drug-likeness (QED) is 0.844. The minimum absolute atomic E-state index is 0.0723. The van der Waals surface area contributed by atoms with E-state index in [0.717, 1.165) is 42.7 Å². The van der Waals surface area contributed by atoms with E-state index in [1.54, 1.807) is 0 Å². The summed E-state index contributed by atoms with van der Waals surface area (Å²) in [5.74, 6) is 0.318. The molecular weight excluding hydrogens is 254 g/mol. The van der Waals surface area contributed by atoms with Crippen molar-refractivity contribution in [3.05, 3.63) is 23.0 Å². The predicted octanol–water partition coefficient (Wildman–Crippen LogP) is 2.89. The molecule has 106 valence electrons. The fourth-order valence-electron chi connectivity index (χ4n) is 2.67. The van der Waals surface area contributed by atoms with Crippen molar-refractivity contribution >= 4 is 17.0 Å². The predicted molar refractivity (Wildman–Crippen MR) is 75.8 cm³/mol. The number of rotatable bonds is 2. The third-order valence-electron chi connectivity index (χ3n) is 3.85. The van der Waals surface area contributed by atoms with Crippen molar-refractivity contribution in [3.63, 3.8) is 0 Å². The molecule has 0 N–H and O–H groups in total. The summed E-state index contributed by atoms with van der Waals surface area (Å²) >= 11 is 0. The first kappa shape index (κ1) is 13.1. The Morgan fingerprint density at radius 3 is 2.70 bits per heavy atom. The molecule has 2 aromatic rings. The Hall–Kier alpha value is -1.91. The van der Waals surface area contributed by atoms with Gasteiger partial charge in [-0.25, -0.2) is 4.98 Å². The second-order valence-electron chi connectivity index (χ2n) is 5.70. The van der Waals surface area contributed by atoms with Gasteiger partial charge in [0.2, 0.25) is 0 Å². The van der Waals surface area contributed by atoms with Crippen LogP contribution < -0.4 is 0 Å². The maximum absolute atomic E-state index is 12.7. The second kappa shape index (κ2) is 4.89. The minimum Gasteiger partial charge on any atom is -0.339 e. The maximum atomic E-state index is 12.7. The molecule has 0 radical (unpaired) electrons. The van der Waals surface area contributed by atoms with Crippen molar-refractivity contribution in [1.82, 2.24) is 15.0 Å². The van der Waals surface area contributed by atoms with Gasteiger partial charge in [-0.2, -0.15) is 0 Å². The van der Waals surface area contributed by atoms with Crippen molar-refractivity contribution in [3.8, 4) is 0 Å². The molecule has 0 atom stereocenters. The van der Waals surface area contributed by atoms with E-state index in [1.807, 2.05) is 17.9 Å². The van der Waals surface area contributed by atoms with E-state index in [4.69, 9.17) is 4.52 Å². The summed E-state index contributed by atoms with van der Waals surface area (Å²) in [6.07, 6.45) is 2.17. The topological polar surface area (TPSA) is 59.2 Å². The molecule has 5 nitrogen and oxygen atoms in total. The molecule has 1 aliphatic heterocycles. The third-order valence-corrected chi connectivity index (χ3v) is 3.85. The summed E-state index contributed by atoms with van der Waals surface area (Å²) in [6.45, 7) is 7.64. The smallest absolute Gasteiger partial charge is 0.259 e. The van der Waals surface area contributed by atoms with Crippen LogP contribution in [0.1, 0.15) is 54.4 Å². The number of hydrogen-bond acceptors (Lipinski definition) is 4. The Labute approximate surface area is 117 Å². The molecule has 20 heavy (non-hydrogen) atoms. The lowest BCUT2D eigenvalue weighted by atomic mass is 10.0. The average molecular weight is 273 g/mol. The minimum atomic E-state index is 0.0723. The lowest BCUT2D eigenvalue weighted by molar-refractivity contribution is 0.0794. The normalized spacial score (nSPS) is 15.5. The van der Waals surface area contributed by atoms with Crippen molar-refractivity contribution in [2.45, 2.75) is 39.5 Å². The van der Waals surface area contributed by atoms with Gasteiger partial charge < -0.3 is 9.42 Å². The standard InChI is InChI=1S/C15H19N3O2/c1-9(2)12-8-11(15(19)18-6-4-5-7-18)13-10(3)17-20-14(13)16-12/h8-9H,4-7H2,1-3H3. The molecule has 3 rings (SSSR count). The highest BCUT2D eigenvalue weighted by Crippen LogP contribution is 2.27. The first-order valence-electron chi connectivity index (χ1n) is 7.14. The van der Waals surface area contributed by atoms with Crippen LogP contribution in [0.25, 0.3) is 11.1 Å². The van der Waals surface area contributed by atoms with E-state index in [2.05, 4.69) is 24.0 Å². The van der Waals surface area contributed by atoms with Gasteiger partial charge in [0, 0.05) is 18.8 Å². The summed E-state index contributed by atoms with van der Waals surface area (Å²) in [6, 6.07) is 1.90. The van der Waals surface area contributed by atoms with Crippen LogP contribution in [0.5, 0.6) is 0 Å². The molecule has 0 aliphatic carbocycles. The number of carbonyl (C=O) groups is 1. The van der Waals surface area contributed by atoms with E-state index in [-0.39, 0.29) is 11.8 Å². The first-order chi connectivity index (χ1) is 9.58. The molecule has 1 fully saturated rings. The zero-order valence-electron chi connectivity index (χ0n) is 12.1. The van der Waals surface area contributed by atoms with Gasteiger partial charge in [0.25, 0.3) is 11.6 Å². The highest BCUT2D eigenvalue weighted by Gasteiger charge is 2.25. The fraction of sp³-hybridized carbons (Fsp3) is 0.533. The van der Waals surface area contributed by atoms with E-state index < -0.39 is 0 Å². The first-order valence-corrected chi connectivity index (χ1v) is 7.14. The van der Waals surface area contributed by atoms with Crippen molar-refractivity contribution in [2.24, 2.45) is 0 Å². The number of nitrogens with zero attached hydrogens (tertiary/aromatic N) is 3. The Balaban J connectivity index is 2.15. The fourth-order valence-corrected chi connectivity index (χ4v) is 2.67. The van der Waals surface area contributed by atoms with Crippen LogP contribution in [0.2, 0.25) is 0 Å². The summed E-state index contributed by atoms with van der Waals surface area (Å²) < 4.78 is 5.26. The average Bonchev–Trinajstić information content (AvgIpc) is 3.07. The Morgan fingerprint density at radius 1 is 1.35 bits per heavy atom. The molecule has 5 heteroatoms. The van der Waals surface area contributed by atoms with Crippen LogP contribution in [-0.2, 0) is 0 Å². The molecule has 0 unspecified atom stereocenters. The Bertz CT molecular complexity index is 654. The van der Waals surface area contributed by atoms with Gasteiger partial charge >= 0.3 is 0 Å². The highest BCUT2D eigenvalue weighted by atomic mass is 16.5. The second-order valence-corrected chi connectivity index (χ2v) is 5.70. The summed E-state index contributed by atoms with van der Waals surface area (Å²) in [5, 5.41) is 4.71. The largest absolute Gasteiger partial charge is 0.339 e. The number of fused-ring (bicyclic) bond motifs is 1. The molecule has 2 aromatic heterocycles. The highest BCUT2D eigenvalue weighted by molar-refractivity contribution is 6.06. The molecule has 1 saturated heterocycles. The van der Waals surface area contributed by atoms with Crippen LogP contribution in [0.4, 0.5) is 0 Å². The molecule has 0 aromatic carbocycles. The summed E-state index contributed by atoms with van der Waals surface area (Å²) in [4.78, 5) is 19.1. The Morgan fingerprint density at radius 2 is 2.05 bits per heavy atom. The third kappa shape index (κ3) is 2.07. The molecule has 3 heterocycles. The van der Waals surface area contributed by atoms with Crippen molar-refractivity contribution in [2.75, 3.05) is 13.1 Å².